The first-order chi connectivity index (χ1) is 8.95. The molecule has 0 radical (unpaired) electrons. The molecular weight excluding hydrogens is 242 g/mol. The lowest BCUT2D eigenvalue weighted by Gasteiger charge is -2.12. The molecule has 1 aromatic rings. The van der Waals surface area contributed by atoms with Crippen LogP contribution >= 0.6 is 0 Å². The Kier molecular flexibility index (Phi) is 5.10. The molecule has 0 aromatic heterocycles. The average Bonchev–Trinajstić information content (AvgIpc) is 2.37. The SMILES string of the molecule is Cc1ccc(C#CCN)cc1C(=O)NC(C)C(N)=O. The van der Waals surface area contributed by atoms with Crippen LogP contribution in [-0.4, -0.2) is 24.4 Å². The summed E-state index contributed by atoms with van der Waals surface area (Å²) in [4.78, 5) is 22.9. The zero-order valence-corrected chi connectivity index (χ0v) is 11.0. The van der Waals surface area contributed by atoms with Crippen molar-refractivity contribution in [1.29, 1.82) is 0 Å². The number of amides is 2. The maximum absolute atomic E-state index is 12.0. The van der Waals surface area contributed by atoms with E-state index in [9.17, 15) is 9.59 Å². The van der Waals surface area contributed by atoms with Crippen LogP contribution in [0.15, 0.2) is 18.2 Å². The third-order valence-corrected chi connectivity index (χ3v) is 2.59. The fourth-order valence-electron chi connectivity index (χ4n) is 1.44. The van der Waals surface area contributed by atoms with Crippen LogP contribution in [0.4, 0.5) is 0 Å². The van der Waals surface area contributed by atoms with E-state index in [0.29, 0.717) is 11.1 Å². The summed E-state index contributed by atoms with van der Waals surface area (Å²) in [6.07, 6.45) is 0. The fraction of sp³-hybridized carbons (Fsp3) is 0.286. The highest BCUT2D eigenvalue weighted by Gasteiger charge is 2.15. The van der Waals surface area contributed by atoms with Crippen molar-refractivity contribution in [2.45, 2.75) is 19.9 Å². The second-order valence-electron chi connectivity index (χ2n) is 4.13. The van der Waals surface area contributed by atoms with E-state index in [-0.39, 0.29) is 12.5 Å². The molecule has 0 saturated carbocycles. The van der Waals surface area contributed by atoms with E-state index < -0.39 is 11.9 Å². The molecule has 1 atom stereocenters. The quantitative estimate of drug-likeness (QED) is 0.661. The number of hydrogen-bond acceptors (Lipinski definition) is 3. The minimum Gasteiger partial charge on any atom is -0.368 e. The number of hydrogen-bond donors (Lipinski definition) is 3. The number of nitrogens with one attached hydrogen (secondary N) is 1. The van der Waals surface area contributed by atoms with Crippen molar-refractivity contribution in [2.24, 2.45) is 11.5 Å². The first-order valence-electron chi connectivity index (χ1n) is 5.85. The summed E-state index contributed by atoms with van der Waals surface area (Å²) in [7, 11) is 0. The van der Waals surface area contributed by atoms with Gasteiger partial charge in [-0.15, -0.1) is 0 Å². The molecule has 0 heterocycles. The van der Waals surface area contributed by atoms with E-state index in [1.165, 1.54) is 6.92 Å². The molecule has 1 rings (SSSR count). The summed E-state index contributed by atoms with van der Waals surface area (Å²) < 4.78 is 0. The zero-order chi connectivity index (χ0) is 14.4. The Hall–Kier alpha value is -2.32. The molecule has 0 aliphatic heterocycles. The topological polar surface area (TPSA) is 98.2 Å². The van der Waals surface area contributed by atoms with Gasteiger partial charge in [0.2, 0.25) is 5.91 Å². The van der Waals surface area contributed by atoms with Gasteiger partial charge in [-0.3, -0.25) is 9.59 Å². The van der Waals surface area contributed by atoms with Gasteiger partial charge in [0.1, 0.15) is 6.04 Å². The van der Waals surface area contributed by atoms with Gasteiger partial charge in [-0.2, -0.15) is 0 Å². The molecule has 1 unspecified atom stereocenters. The molecule has 5 heteroatoms. The van der Waals surface area contributed by atoms with Crippen molar-refractivity contribution < 1.29 is 9.59 Å². The summed E-state index contributed by atoms with van der Waals surface area (Å²) in [6.45, 7) is 3.60. The van der Waals surface area contributed by atoms with E-state index in [1.54, 1.807) is 12.1 Å². The molecule has 5 N–H and O–H groups in total. The Balaban J connectivity index is 2.98. The lowest BCUT2D eigenvalue weighted by molar-refractivity contribution is -0.119. The highest BCUT2D eigenvalue weighted by atomic mass is 16.2. The Labute approximate surface area is 112 Å². The second-order valence-corrected chi connectivity index (χ2v) is 4.13. The number of benzene rings is 1. The van der Waals surface area contributed by atoms with E-state index in [4.69, 9.17) is 11.5 Å². The van der Waals surface area contributed by atoms with Gasteiger partial charge in [0.15, 0.2) is 0 Å². The van der Waals surface area contributed by atoms with Gasteiger partial charge >= 0.3 is 0 Å². The minimum absolute atomic E-state index is 0.258. The van der Waals surface area contributed by atoms with Gasteiger partial charge in [0.05, 0.1) is 6.54 Å². The molecule has 0 aliphatic carbocycles. The number of nitrogens with two attached hydrogens (primary N) is 2. The van der Waals surface area contributed by atoms with Crippen molar-refractivity contribution in [1.82, 2.24) is 5.32 Å². The standard InChI is InChI=1S/C14H17N3O2/c1-9-5-6-11(4-3-7-15)8-12(9)14(19)17-10(2)13(16)18/h5-6,8,10H,7,15H2,1-2H3,(H2,16,18)(H,17,19). The van der Waals surface area contributed by atoms with E-state index >= 15 is 0 Å². The van der Waals surface area contributed by atoms with Crippen molar-refractivity contribution in [3.63, 3.8) is 0 Å². The first-order valence-corrected chi connectivity index (χ1v) is 5.85. The molecule has 2 amide bonds. The first kappa shape index (κ1) is 14.7. The molecule has 0 saturated heterocycles. The van der Waals surface area contributed by atoms with Crippen LogP contribution in [-0.2, 0) is 4.79 Å². The third-order valence-electron chi connectivity index (χ3n) is 2.59. The summed E-state index contributed by atoms with van der Waals surface area (Å²) >= 11 is 0. The Morgan fingerprint density at radius 1 is 1.42 bits per heavy atom. The number of aryl methyl sites for hydroxylation is 1. The van der Waals surface area contributed by atoms with Gasteiger partial charge in [0, 0.05) is 11.1 Å². The molecule has 100 valence electrons. The predicted octanol–water partition coefficient (Wildman–Crippen LogP) is -0.0912. The number of primary amides is 1. The number of carbonyl (C=O) groups excluding carboxylic acids is 2. The highest BCUT2D eigenvalue weighted by molar-refractivity contribution is 5.98. The summed E-state index contributed by atoms with van der Waals surface area (Å²) in [5.74, 6) is 4.65. The van der Waals surface area contributed by atoms with Crippen molar-refractivity contribution in [3.05, 3.63) is 34.9 Å². The van der Waals surface area contributed by atoms with Gasteiger partial charge in [0.25, 0.3) is 5.91 Å². The van der Waals surface area contributed by atoms with E-state index in [0.717, 1.165) is 5.56 Å². The van der Waals surface area contributed by atoms with Gasteiger partial charge in [-0.05, 0) is 31.5 Å². The average molecular weight is 259 g/mol. The lowest BCUT2D eigenvalue weighted by Crippen LogP contribution is -2.42. The van der Waals surface area contributed by atoms with Crippen molar-refractivity contribution in [2.75, 3.05) is 6.54 Å². The molecule has 0 aliphatic rings. The molecule has 0 fully saturated rings. The summed E-state index contributed by atoms with van der Waals surface area (Å²) in [5, 5.41) is 2.53. The second kappa shape index (κ2) is 6.57. The molecular formula is C14H17N3O2. The van der Waals surface area contributed by atoms with Gasteiger partial charge < -0.3 is 16.8 Å². The number of carbonyl (C=O) groups is 2. The summed E-state index contributed by atoms with van der Waals surface area (Å²) in [6, 6.07) is 4.56. The van der Waals surface area contributed by atoms with Crippen LogP contribution in [0.5, 0.6) is 0 Å². The molecule has 0 spiro atoms. The predicted molar refractivity (Wildman–Crippen MR) is 73.2 cm³/mol. The molecule has 0 bridgehead atoms. The minimum atomic E-state index is -0.717. The van der Waals surface area contributed by atoms with Crippen LogP contribution in [0.1, 0.15) is 28.4 Å². The monoisotopic (exact) mass is 259 g/mol. The molecule has 1 aromatic carbocycles. The smallest absolute Gasteiger partial charge is 0.252 e. The lowest BCUT2D eigenvalue weighted by atomic mass is 10.0. The third kappa shape index (κ3) is 4.12. The maximum Gasteiger partial charge on any atom is 0.252 e. The molecule has 5 nitrogen and oxygen atoms in total. The Morgan fingerprint density at radius 3 is 2.68 bits per heavy atom. The Bertz CT molecular complexity index is 556. The van der Waals surface area contributed by atoms with Crippen LogP contribution < -0.4 is 16.8 Å². The van der Waals surface area contributed by atoms with Crippen LogP contribution in [0.3, 0.4) is 0 Å². The van der Waals surface area contributed by atoms with Gasteiger partial charge in [-0.1, -0.05) is 17.9 Å². The van der Waals surface area contributed by atoms with Crippen LogP contribution in [0.2, 0.25) is 0 Å². The molecule has 19 heavy (non-hydrogen) atoms. The van der Waals surface area contributed by atoms with E-state index in [1.807, 2.05) is 13.0 Å². The maximum atomic E-state index is 12.0. The van der Waals surface area contributed by atoms with Crippen LogP contribution in [0.25, 0.3) is 0 Å². The Morgan fingerprint density at radius 2 is 2.11 bits per heavy atom. The van der Waals surface area contributed by atoms with Gasteiger partial charge in [-0.25, -0.2) is 0 Å². The van der Waals surface area contributed by atoms with Crippen LogP contribution in [0, 0.1) is 18.8 Å². The van der Waals surface area contributed by atoms with E-state index in [2.05, 4.69) is 17.2 Å². The van der Waals surface area contributed by atoms with Crippen molar-refractivity contribution >= 4 is 11.8 Å². The zero-order valence-electron chi connectivity index (χ0n) is 11.0. The number of rotatable bonds is 3. The normalized spacial score (nSPS) is 11.1. The largest absolute Gasteiger partial charge is 0.368 e. The fourth-order valence-corrected chi connectivity index (χ4v) is 1.44. The summed E-state index contributed by atoms with van der Waals surface area (Å²) in [5.41, 5.74) is 12.4. The highest BCUT2D eigenvalue weighted by Crippen LogP contribution is 2.11. The van der Waals surface area contributed by atoms with Crippen molar-refractivity contribution in [3.8, 4) is 11.8 Å².